The van der Waals surface area contributed by atoms with E-state index in [1.54, 1.807) is 19.2 Å². The third-order valence-corrected chi connectivity index (χ3v) is 3.15. The number of benzene rings is 1. The molecule has 0 aliphatic rings. The second-order valence-electron chi connectivity index (χ2n) is 5.07. The molecule has 18 heavy (non-hydrogen) atoms. The van der Waals surface area contributed by atoms with Crippen molar-refractivity contribution in [1.29, 1.82) is 5.26 Å². The SMILES string of the molecule is COCCC(C)(C)CNc1ccc(C#N)cc1Cl. The summed E-state index contributed by atoms with van der Waals surface area (Å²) in [5, 5.41) is 12.7. The minimum Gasteiger partial charge on any atom is -0.385 e. The predicted octanol–water partition coefficient (Wildman–Crippen LogP) is 3.69. The van der Waals surface area contributed by atoms with Crippen molar-refractivity contribution in [2.75, 3.05) is 25.6 Å². The highest BCUT2D eigenvalue weighted by atomic mass is 35.5. The predicted molar refractivity (Wildman–Crippen MR) is 74.9 cm³/mol. The molecular weight excluding hydrogens is 248 g/mol. The molecule has 0 saturated carbocycles. The topological polar surface area (TPSA) is 45.0 Å². The lowest BCUT2D eigenvalue weighted by Gasteiger charge is -2.25. The van der Waals surface area contributed by atoms with Gasteiger partial charge in [-0.15, -0.1) is 0 Å². The Bertz CT molecular complexity index is 438. The van der Waals surface area contributed by atoms with Crippen molar-refractivity contribution in [3.8, 4) is 6.07 Å². The first kappa shape index (κ1) is 14.8. The van der Waals surface area contributed by atoms with Crippen LogP contribution in [0.15, 0.2) is 18.2 Å². The van der Waals surface area contributed by atoms with Gasteiger partial charge in [0.15, 0.2) is 0 Å². The largest absolute Gasteiger partial charge is 0.385 e. The lowest BCUT2D eigenvalue weighted by atomic mass is 9.89. The summed E-state index contributed by atoms with van der Waals surface area (Å²) in [6.07, 6.45) is 0.977. The first-order valence-electron chi connectivity index (χ1n) is 5.91. The molecule has 0 aliphatic heterocycles. The van der Waals surface area contributed by atoms with E-state index in [4.69, 9.17) is 21.6 Å². The van der Waals surface area contributed by atoms with Crippen LogP contribution in [0.3, 0.4) is 0 Å². The molecule has 1 aromatic rings. The maximum atomic E-state index is 8.77. The molecule has 0 amide bonds. The van der Waals surface area contributed by atoms with Gasteiger partial charge in [0.2, 0.25) is 0 Å². The molecule has 1 N–H and O–H groups in total. The zero-order chi connectivity index (χ0) is 13.6. The van der Waals surface area contributed by atoms with E-state index >= 15 is 0 Å². The van der Waals surface area contributed by atoms with Gasteiger partial charge in [-0.3, -0.25) is 0 Å². The molecule has 1 aromatic carbocycles. The lowest BCUT2D eigenvalue weighted by Crippen LogP contribution is -2.24. The van der Waals surface area contributed by atoms with Gasteiger partial charge in [0, 0.05) is 20.3 Å². The molecule has 98 valence electrons. The molecule has 4 heteroatoms. The molecule has 0 aliphatic carbocycles. The van der Waals surface area contributed by atoms with Crippen LogP contribution in [0, 0.1) is 16.7 Å². The first-order valence-corrected chi connectivity index (χ1v) is 6.29. The molecule has 1 rings (SSSR count). The van der Waals surface area contributed by atoms with E-state index in [1.807, 2.05) is 6.07 Å². The van der Waals surface area contributed by atoms with E-state index in [2.05, 4.69) is 25.2 Å². The third-order valence-electron chi connectivity index (χ3n) is 2.84. The number of halogens is 1. The molecule has 0 bridgehead atoms. The standard InChI is InChI=1S/C14H19ClN2O/c1-14(2,6-7-18-3)10-17-13-5-4-11(9-16)8-12(13)15/h4-5,8,17H,6-7,10H2,1-3H3. The second-order valence-corrected chi connectivity index (χ2v) is 5.47. The number of methoxy groups -OCH3 is 1. The van der Waals surface area contributed by atoms with Gasteiger partial charge in [0.1, 0.15) is 0 Å². The fourth-order valence-corrected chi connectivity index (χ4v) is 1.78. The van der Waals surface area contributed by atoms with E-state index in [1.165, 1.54) is 0 Å². The summed E-state index contributed by atoms with van der Waals surface area (Å²) >= 11 is 6.10. The molecule has 3 nitrogen and oxygen atoms in total. The van der Waals surface area contributed by atoms with Crippen LogP contribution in [0.5, 0.6) is 0 Å². The van der Waals surface area contributed by atoms with Crippen LogP contribution in [0.1, 0.15) is 25.8 Å². The Morgan fingerprint density at radius 2 is 2.17 bits per heavy atom. The molecular formula is C14H19ClN2O. The van der Waals surface area contributed by atoms with E-state index < -0.39 is 0 Å². The van der Waals surface area contributed by atoms with Crippen molar-refractivity contribution in [2.24, 2.45) is 5.41 Å². The summed E-state index contributed by atoms with van der Waals surface area (Å²) in [5.74, 6) is 0. The Labute approximate surface area is 114 Å². The number of nitrogens with one attached hydrogen (secondary N) is 1. The van der Waals surface area contributed by atoms with E-state index in [0.29, 0.717) is 10.6 Å². The summed E-state index contributed by atoms with van der Waals surface area (Å²) in [5.41, 5.74) is 1.57. The van der Waals surface area contributed by atoms with Crippen LogP contribution >= 0.6 is 11.6 Å². The van der Waals surface area contributed by atoms with Crippen LogP contribution in [0.2, 0.25) is 5.02 Å². The van der Waals surface area contributed by atoms with E-state index in [0.717, 1.165) is 25.3 Å². The van der Waals surface area contributed by atoms with Crippen molar-refractivity contribution < 1.29 is 4.74 Å². The zero-order valence-electron chi connectivity index (χ0n) is 11.1. The number of anilines is 1. The number of nitrogens with zero attached hydrogens (tertiary/aromatic N) is 1. The minimum atomic E-state index is 0.132. The Kier molecular flexibility index (Phi) is 5.46. The van der Waals surface area contributed by atoms with Gasteiger partial charge >= 0.3 is 0 Å². The molecule has 0 saturated heterocycles. The van der Waals surface area contributed by atoms with Crippen molar-refractivity contribution in [3.63, 3.8) is 0 Å². The molecule has 0 spiro atoms. The molecule has 0 radical (unpaired) electrons. The van der Waals surface area contributed by atoms with Crippen LogP contribution in [0.25, 0.3) is 0 Å². The average Bonchev–Trinajstić information content (AvgIpc) is 2.35. The highest BCUT2D eigenvalue weighted by Crippen LogP contribution is 2.26. The summed E-state index contributed by atoms with van der Waals surface area (Å²) in [6.45, 7) is 5.91. The fraction of sp³-hybridized carbons (Fsp3) is 0.500. The normalized spacial score (nSPS) is 11.1. The van der Waals surface area contributed by atoms with Gasteiger partial charge in [-0.2, -0.15) is 5.26 Å². The van der Waals surface area contributed by atoms with Crippen molar-refractivity contribution in [2.45, 2.75) is 20.3 Å². The van der Waals surface area contributed by atoms with E-state index in [9.17, 15) is 0 Å². The van der Waals surface area contributed by atoms with Crippen molar-refractivity contribution >= 4 is 17.3 Å². The number of nitriles is 1. The van der Waals surface area contributed by atoms with Crippen LogP contribution in [-0.4, -0.2) is 20.3 Å². The summed E-state index contributed by atoms with van der Waals surface area (Å²) in [6, 6.07) is 7.34. The quantitative estimate of drug-likeness (QED) is 0.854. The van der Waals surface area contributed by atoms with Crippen molar-refractivity contribution in [1.82, 2.24) is 0 Å². The van der Waals surface area contributed by atoms with E-state index in [-0.39, 0.29) is 5.41 Å². The Balaban J connectivity index is 2.61. The summed E-state index contributed by atoms with van der Waals surface area (Å²) in [7, 11) is 1.71. The Morgan fingerprint density at radius 1 is 1.44 bits per heavy atom. The lowest BCUT2D eigenvalue weighted by molar-refractivity contribution is 0.157. The number of hydrogen-bond acceptors (Lipinski definition) is 3. The highest BCUT2D eigenvalue weighted by molar-refractivity contribution is 6.33. The van der Waals surface area contributed by atoms with Gasteiger partial charge in [-0.05, 0) is 30.0 Å². The molecule has 0 unspecified atom stereocenters. The van der Waals surface area contributed by atoms with Crippen molar-refractivity contribution in [3.05, 3.63) is 28.8 Å². The molecule has 0 aromatic heterocycles. The Morgan fingerprint density at radius 3 is 2.72 bits per heavy atom. The van der Waals surface area contributed by atoms with Gasteiger partial charge in [0.05, 0.1) is 22.3 Å². The second kappa shape index (κ2) is 6.63. The smallest absolute Gasteiger partial charge is 0.0992 e. The first-order chi connectivity index (χ1) is 8.48. The third kappa shape index (κ3) is 4.56. The maximum Gasteiger partial charge on any atom is 0.0992 e. The van der Waals surface area contributed by atoms with Crippen LogP contribution in [-0.2, 0) is 4.74 Å². The van der Waals surface area contributed by atoms with Crippen LogP contribution < -0.4 is 5.32 Å². The highest BCUT2D eigenvalue weighted by Gasteiger charge is 2.17. The molecule has 0 fully saturated rings. The zero-order valence-corrected chi connectivity index (χ0v) is 11.8. The summed E-state index contributed by atoms with van der Waals surface area (Å²) < 4.78 is 5.09. The molecule has 0 atom stereocenters. The number of hydrogen-bond donors (Lipinski definition) is 1. The van der Waals surface area contributed by atoms with Gasteiger partial charge < -0.3 is 10.1 Å². The van der Waals surface area contributed by atoms with Gasteiger partial charge in [-0.25, -0.2) is 0 Å². The maximum absolute atomic E-state index is 8.77. The fourth-order valence-electron chi connectivity index (χ4n) is 1.53. The average molecular weight is 267 g/mol. The molecule has 0 heterocycles. The Hall–Kier alpha value is -1.24. The monoisotopic (exact) mass is 266 g/mol. The number of rotatable bonds is 6. The van der Waals surface area contributed by atoms with Gasteiger partial charge in [0.25, 0.3) is 0 Å². The van der Waals surface area contributed by atoms with Crippen LogP contribution in [0.4, 0.5) is 5.69 Å². The number of ether oxygens (including phenoxy) is 1. The van der Waals surface area contributed by atoms with Gasteiger partial charge in [-0.1, -0.05) is 25.4 Å². The minimum absolute atomic E-state index is 0.132. The summed E-state index contributed by atoms with van der Waals surface area (Å²) in [4.78, 5) is 0.